The van der Waals surface area contributed by atoms with E-state index < -0.39 is 0 Å². The minimum Gasteiger partial charge on any atom is -0.465 e. The SMILES string of the molecule is COC(=O)c1ccc(Br)c2c1CCCCCN2Cc1ccccc1. The summed E-state index contributed by atoms with van der Waals surface area (Å²) < 4.78 is 6.04. The van der Waals surface area contributed by atoms with Gasteiger partial charge in [-0.3, -0.25) is 0 Å². The summed E-state index contributed by atoms with van der Waals surface area (Å²) in [6, 6.07) is 14.3. The van der Waals surface area contributed by atoms with Crippen molar-refractivity contribution in [3.05, 3.63) is 63.6 Å². The van der Waals surface area contributed by atoms with E-state index in [0.29, 0.717) is 5.56 Å². The Balaban J connectivity index is 2.05. The van der Waals surface area contributed by atoms with Crippen molar-refractivity contribution in [3.63, 3.8) is 0 Å². The Kier molecular flexibility index (Phi) is 5.56. The summed E-state index contributed by atoms with van der Waals surface area (Å²) >= 11 is 3.71. The summed E-state index contributed by atoms with van der Waals surface area (Å²) in [5.41, 5.74) is 4.21. The van der Waals surface area contributed by atoms with Crippen molar-refractivity contribution < 1.29 is 9.53 Å². The predicted molar refractivity (Wildman–Crippen MR) is 101 cm³/mol. The van der Waals surface area contributed by atoms with Crippen LogP contribution in [-0.2, 0) is 17.7 Å². The second kappa shape index (κ2) is 7.84. The lowest BCUT2D eigenvalue weighted by Crippen LogP contribution is -2.27. The van der Waals surface area contributed by atoms with E-state index in [9.17, 15) is 4.79 Å². The van der Waals surface area contributed by atoms with E-state index in [1.165, 1.54) is 25.5 Å². The highest BCUT2D eigenvalue weighted by Crippen LogP contribution is 2.36. The summed E-state index contributed by atoms with van der Waals surface area (Å²) in [6.07, 6.45) is 4.36. The largest absolute Gasteiger partial charge is 0.465 e. The fourth-order valence-electron chi connectivity index (χ4n) is 3.36. The Morgan fingerprint density at radius 1 is 1.12 bits per heavy atom. The van der Waals surface area contributed by atoms with Crippen molar-refractivity contribution in [2.45, 2.75) is 32.2 Å². The second-order valence-corrected chi connectivity index (χ2v) is 6.99. The molecule has 0 atom stereocenters. The van der Waals surface area contributed by atoms with Gasteiger partial charge < -0.3 is 9.64 Å². The van der Waals surface area contributed by atoms with E-state index in [1.54, 1.807) is 0 Å². The molecule has 0 bridgehead atoms. The van der Waals surface area contributed by atoms with Gasteiger partial charge in [0.25, 0.3) is 0 Å². The third-order valence-electron chi connectivity index (χ3n) is 4.53. The Morgan fingerprint density at radius 3 is 2.67 bits per heavy atom. The van der Waals surface area contributed by atoms with Gasteiger partial charge in [0.2, 0.25) is 0 Å². The van der Waals surface area contributed by atoms with Crippen LogP contribution in [0.2, 0.25) is 0 Å². The number of fused-ring (bicyclic) bond motifs is 1. The van der Waals surface area contributed by atoms with Crippen LogP contribution in [0.4, 0.5) is 5.69 Å². The van der Waals surface area contributed by atoms with E-state index in [0.717, 1.165) is 41.7 Å². The van der Waals surface area contributed by atoms with Gasteiger partial charge >= 0.3 is 5.97 Å². The molecule has 0 aromatic heterocycles. The van der Waals surface area contributed by atoms with Crippen LogP contribution in [0, 0.1) is 0 Å². The van der Waals surface area contributed by atoms with Crippen molar-refractivity contribution in [2.75, 3.05) is 18.6 Å². The molecule has 0 aliphatic carbocycles. The molecule has 1 heterocycles. The van der Waals surface area contributed by atoms with Gasteiger partial charge in [-0.2, -0.15) is 0 Å². The molecule has 0 fully saturated rings. The van der Waals surface area contributed by atoms with Crippen LogP contribution in [0.15, 0.2) is 46.9 Å². The smallest absolute Gasteiger partial charge is 0.338 e. The molecular formula is C20H22BrNO2. The first-order valence-electron chi connectivity index (χ1n) is 8.39. The molecular weight excluding hydrogens is 366 g/mol. The number of carbonyl (C=O) groups is 1. The molecule has 0 saturated heterocycles. The maximum Gasteiger partial charge on any atom is 0.338 e. The number of benzene rings is 2. The molecule has 3 nitrogen and oxygen atoms in total. The van der Waals surface area contributed by atoms with Crippen LogP contribution >= 0.6 is 15.9 Å². The standard InChI is InChI=1S/C20H22BrNO2/c1-24-20(23)17-11-12-18(21)19-16(17)10-6-3-7-13-22(19)14-15-8-4-2-5-9-15/h2,4-5,8-9,11-12H,3,6-7,10,13-14H2,1H3. The first-order valence-corrected chi connectivity index (χ1v) is 9.18. The van der Waals surface area contributed by atoms with E-state index in [4.69, 9.17) is 4.74 Å². The minimum atomic E-state index is -0.251. The van der Waals surface area contributed by atoms with Gasteiger partial charge in [0, 0.05) is 17.6 Å². The summed E-state index contributed by atoms with van der Waals surface area (Å²) in [5.74, 6) is -0.251. The van der Waals surface area contributed by atoms with Gasteiger partial charge in [-0.15, -0.1) is 0 Å². The molecule has 3 rings (SSSR count). The monoisotopic (exact) mass is 387 g/mol. The lowest BCUT2D eigenvalue weighted by atomic mass is 9.96. The highest BCUT2D eigenvalue weighted by Gasteiger charge is 2.23. The maximum atomic E-state index is 12.2. The van der Waals surface area contributed by atoms with Crippen LogP contribution in [-0.4, -0.2) is 19.6 Å². The zero-order valence-corrected chi connectivity index (χ0v) is 15.5. The van der Waals surface area contributed by atoms with Crippen LogP contribution in [0.25, 0.3) is 0 Å². The van der Waals surface area contributed by atoms with Crippen molar-refractivity contribution >= 4 is 27.6 Å². The highest BCUT2D eigenvalue weighted by atomic mass is 79.9. The van der Waals surface area contributed by atoms with Gasteiger partial charge in [-0.1, -0.05) is 36.8 Å². The summed E-state index contributed by atoms with van der Waals surface area (Å²) in [4.78, 5) is 14.6. The third-order valence-corrected chi connectivity index (χ3v) is 5.17. The molecule has 0 spiro atoms. The average molecular weight is 388 g/mol. The molecule has 1 aliphatic rings. The Labute approximate surface area is 151 Å². The average Bonchev–Trinajstić information content (AvgIpc) is 2.59. The van der Waals surface area contributed by atoms with E-state index in [1.807, 2.05) is 18.2 Å². The molecule has 1 aliphatic heterocycles. The third kappa shape index (κ3) is 3.64. The summed E-state index contributed by atoms with van der Waals surface area (Å²) in [7, 11) is 1.45. The lowest BCUT2D eigenvalue weighted by Gasteiger charge is -2.31. The number of halogens is 1. The molecule has 0 radical (unpaired) electrons. The number of nitrogens with zero attached hydrogens (tertiary/aromatic N) is 1. The maximum absolute atomic E-state index is 12.2. The summed E-state index contributed by atoms with van der Waals surface area (Å²) in [5, 5.41) is 0. The first kappa shape index (κ1) is 17.0. The molecule has 2 aromatic carbocycles. The number of carbonyl (C=O) groups excluding carboxylic acids is 1. The van der Waals surface area contributed by atoms with Crippen LogP contribution in [0.5, 0.6) is 0 Å². The van der Waals surface area contributed by atoms with Gasteiger partial charge in [0.05, 0.1) is 18.4 Å². The number of esters is 1. The van der Waals surface area contributed by atoms with E-state index >= 15 is 0 Å². The topological polar surface area (TPSA) is 29.5 Å². The predicted octanol–water partition coefficient (Wildman–Crippen LogP) is 4.97. The first-order chi connectivity index (χ1) is 11.7. The fourth-order valence-corrected chi connectivity index (χ4v) is 3.98. The molecule has 0 N–H and O–H groups in total. The Hall–Kier alpha value is -1.81. The molecule has 0 saturated carbocycles. The fraction of sp³-hybridized carbons (Fsp3) is 0.350. The number of rotatable bonds is 3. The summed E-state index contributed by atoms with van der Waals surface area (Å²) in [6.45, 7) is 1.84. The molecule has 4 heteroatoms. The van der Waals surface area contributed by atoms with Crippen molar-refractivity contribution in [2.24, 2.45) is 0 Å². The Bertz CT molecular complexity index is 715. The number of hydrogen-bond donors (Lipinski definition) is 0. The highest BCUT2D eigenvalue weighted by molar-refractivity contribution is 9.10. The van der Waals surface area contributed by atoms with Gasteiger partial charge in [-0.25, -0.2) is 4.79 Å². The number of ether oxygens (including phenoxy) is 1. The van der Waals surface area contributed by atoms with Gasteiger partial charge in [-0.05, 0) is 58.5 Å². The minimum absolute atomic E-state index is 0.251. The zero-order valence-electron chi connectivity index (χ0n) is 13.9. The van der Waals surface area contributed by atoms with Gasteiger partial charge in [0.15, 0.2) is 0 Å². The molecule has 0 amide bonds. The van der Waals surface area contributed by atoms with Crippen molar-refractivity contribution in [1.29, 1.82) is 0 Å². The quantitative estimate of drug-likeness (QED) is 0.696. The van der Waals surface area contributed by atoms with E-state index in [-0.39, 0.29) is 5.97 Å². The normalized spacial score (nSPS) is 14.5. The number of anilines is 1. The molecule has 0 unspecified atom stereocenters. The van der Waals surface area contributed by atoms with Crippen molar-refractivity contribution in [3.8, 4) is 0 Å². The Morgan fingerprint density at radius 2 is 1.92 bits per heavy atom. The van der Waals surface area contributed by atoms with E-state index in [2.05, 4.69) is 45.1 Å². The lowest BCUT2D eigenvalue weighted by molar-refractivity contribution is 0.0599. The zero-order chi connectivity index (χ0) is 16.9. The van der Waals surface area contributed by atoms with Crippen LogP contribution < -0.4 is 4.90 Å². The number of methoxy groups -OCH3 is 1. The number of hydrogen-bond acceptors (Lipinski definition) is 3. The van der Waals surface area contributed by atoms with Crippen molar-refractivity contribution in [1.82, 2.24) is 0 Å². The van der Waals surface area contributed by atoms with Crippen LogP contribution in [0.1, 0.15) is 40.7 Å². The van der Waals surface area contributed by atoms with Gasteiger partial charge in [0.1, 0.15) is 0 Å². The molecule has 24 heavy (non-hydrogen) atoms. The second-order valence-electron chi connectivity index (χ2n) is 6.13. The molecule has 126 valence electrons. The van der Waals surface area contributed by atoms with Crippen LogP contribution in [0.3, 0.4) is 0 Å². The molecule has 2 aromatic rings.